The lowest BCUT2D eigenvalue weighted by Crippen LogP contribution is -1.73. The summed E-state index contributed by atoms with van der Waals surface area (Å²) in [4.78, 5) is 0. The highest BCUT2D eigenvalue weighted by Crippen LogP contribution is 2.02. The van der Waals surface area contributed by atoms with Gasteiger partial charge in [0, 0.05) is 0 Å². The zero-order valence-electron chi connectivity index (χ0n) is 7.27. The van der Waals surface area contributed by atoms with Gasteiger partial charge in [0.25, 0.3) is 0 Å². The summed E-state index contributed by atoms with van der Waals surface area (Å²) in [7, 11) is 0. The van der Waals surface area contributed by atoms with Gasteiger partial charge < -0.3 is 0 Å². The zero-order valence-corrected chi connectivity index (χ0v) is 7.27. The molecule has 0 aromatic carbocycles. The third kappa shape index (κ3) is 7.74. The van der Waals surface area contributed by atoms with E-state index in [-0.39, 0.29) is 0 Å². The fourth-order valence-corrected chi connectivity index (χ4v) is 0.895. The Kier molecular flexibility index (Phi) is 8.51. The molecule has 0 aliphatic carbocycles. The molecule has 0 atom stereocenters. The summed E-state index contributed by atoms with van der Waals surface area (Å²) in [6, 6.07) is 0. The molecule has 0 aliphatic rings. The third-order valence-corrected chi connectivity index (χ3v) is 1.52. The molecule has 0 aliphatic heterocycles. The molecule has 0 saturated carbocycles. The summed E-state index contributed by atoms with van der Waals surface area (Å²) >= 11 is 0. The normalized spacial score (nSPS) is 11.0. The fourth-order valence-electron chi connectivity index (χ4n) is 0.895. The first kappa shape index (κ1) is 9.74. The molecular formula is C10H19. The van der Waals surface area contributed by atoms with Crippen molar-refractivity contribution >= 4 is 0 Å². The summed E-state index contributed by atoms with van der Waals surface area (Å²) in [5, 5.41) is 0. The van der Waals surface area contributed by atoms with Crippen LogP contribution in [-0.4, -0.2) is 0 Å². The minimum absolute atomic E-state index is 1.18. The second-order valence-corrected chi connectivity index (χ2v) is 2.57. The molecule has 0 N–H and O–H groups in total. The van der Waals surface area contributed by atoms with Gasteiger partial charge in [0.1, 0.15) is 0 Å². The second kappa shape index (κ2) is 8.74. The summed E-state index contributed by atoms with van der Waals surface area (Å²) in [6.07, 6.45) is 13.2. The second-order valence-electron chi connectivity index (χ2n) is 2.57. The molecule has 59 valence electrons. The molecular weight excluding hydrogens is 120 g/mol. The van der Waals surface area contributed by atoms with Crippen LogP contribution in [-0.2, 0) is 0 Å². The van der Waals surface area contributed by atoms with Gasteiger partial charge in [0.2, 0.25) is 0 Å². The van der Waals surface area contributed by atoms with Crippen molar-refractivity contribution in [3.63, 3.8) is 0 Å². The van der Waals surface area contributed by atoms with Crippen LogP contribution in [0.5, 0.6) is 0 Å². The van der Waals surface area contributed by atoms with Crippen molar-refractivity contribution in [1.29, 1.82) is 0 Å². The Morgan fingerprint density at radius 1 is 1.00 bits per heavy atom. The minimum atomic E-state index is 1.18. The fraction of sp³-hybridized carbons (Fsp3) is 0.700. The lowest BCUT2D eigenvalue weighted by atomic mass is 10.1. The van der Waals surface area contributed by atoms with Gasteiger partial charge in [0.15, 0.2) is 0 Å². The first-order chi connectivity index (χ1) is 4.91. The van der Waals surface area contributed by atoms with Crippen molar-refractivity contribution in [3.05, 3.63) is 18.6 Å². The van der Waals surface area contributed by atoms with E-state index in [9.17, 15) is 0 Å². The molecule has 0 aromatic rings. The van der Waals surface area contributed by atoms with Crippen LogP contribution >= 0.6 is 0 Å². The average molecular weight is 139 g/mol. The van der Waals surface area contributed by atoms with Crippen molar-refractivity contribution < 1.29 is 0 Å². The van der Waals surface area contributed by atoms with Crippen molar-refractivity contribution in [2.45, 2.75) is 46.0 Å². The Hall–Kier alpha value is -0.260. The van der Waals surface area contributed by atoms with Crippen LogP contribution in [0.25, 0.3) is 0 Å². The molecule has 0 amide bonds. The van der Waals surface area contributed by atoms with Crippen molar-refractivity contribution in [3.8, 4) is 0 Å². The van der Waals surface area contributed by atoms with E-state index in [1.54, 1.807) is 0 Å². The number of unbranched alkanes of at least 4 members (excludes halogenated alkanes) is 4. The topological polar surface area (TPSA) is 0 Å². The number of rotatable bonds is 6. The van der Waals surface area contributed by atoms with E-state index >= 15 is 0 Å². The van der Waals surface area contributed by atoms with Crippen LogP contribution in [0.2, 0.25) is 0 Å². The maximum absolute atomic E-state index is 2.29. The largest absolute Gasteiger partial charge is 0.0888 e. The predicted octanol–water partition coefficient (Wildman–Crippen LogP) is 3.74. The molecule has 0 spiro atoms. The Morgan fingerprint density at radius 2 is 1.70 bits per heavy atom. The van der Waals surface area contributed by atoms with Gasteiger partial charge in [-0.3, -0.25) is 0 Å². The van der Waals surface area contributed by atoms with E-state index in [1.165, 1.54) is 32.1 Å². The third-order valence-electron chi connectivity index (χ3n) is 1.52. The predicted molar refractivity (Wildman–Crippen MR) is 47.9 cm³/mol. The standard InChI is InChI=1S/C10H19/c1-3-5-7-9-10-8-6-4-2/h3,6,8H,4-5,7,9-10H2,1-2H3. The minimum Gasteiger partial charge on any atom is -0.0888 e. The lowest BCUT2D eigenvalue weighted by molar-refractivity contribution is 0.738. The molecule has 0 aromatic heterocycles. The van der Waals surface area contributed by atoms with Gasteiger partial charge in [-0.05, 0) is 25.7 Å². The van der Waals surface area contributed by atoms with E-state index < -0.39 is 0 Å². The van der Waals surface area contributed by atoms with Crippen LogP contribution in [0.4, 0.5) is 0 Å². The SMILES string of the molecule is C[CH]CCCCC=CCC. The molecule has 1 radical (unpaired) electrons. The molecule has 0 nitrogen and oxygen atoms in total. The highest BCUT2D eigenvalue weighted by molar-refractivity contribution is 4.79. The van der Waals surface area contributed by atoms with Crippen LogP contribution in [0.3, 0.4) is 0 Å². The molecule has 0 fully saturated rings. The summed E-state index contributed by atoms with van der Waals surface area (Å²) in [6.45, 7) is 4.30. The molecule has 0 rings (SSSR count). The maximum Gasteiger partial charge on any atom is -0.0351 e. The number of hydrogen-bond acceptors (Lipinski definition) is 0. The summed E-state index contributed by atoms with van der Waals surface area (Å²) < 4.78 is 0. The quantitative estimate of drug-likeness (QED) is 0.388. The molecule has 0 unspecified atom stereocenters. The summed E-state index contributed by atoms with van der Waals surface area (Å²) in [5.41, 5.74) is 0. The van der Waals surface area contributed by atoms with E-state index in [0.717, 1.165) is 0 Å². The average Bonchev–Trinajstić information content (AvgIpc) is 1.97. The van der Waals surface area contributed by atoms with Gasteiger partial charge in [-0.2, -0.15) is 0 Å². The van der Waals surface area contributed by atoms with E-state index in [2.05, 4.69) is 32.4 Å². The van der Waals surface area contributed by atoms with Gasteiger partial charge in [-0.1, -0.05) is 38.8 Å². The first-order valence-electron chi connectivity index (χ1n) is 4.34. The molecule has 0 heteroatoms. The van der Waals surface area contributed by atoms with Gasteiger partial charge in [0.05, 0.1) is 0 Å². The van der Waals surface area contributed by atoms with Crippen molar-refractivity contribution in [2.75, 3.05) is 0 Å². The number of allylic oxidation sites excluding steroid dienone is 2. The molecule has 0 saturated heterocycles. The molecule has 10 heavy (non-hydrogen) atoms. The smallest absolute Gasteiger partial charge is 0.0351 e. The highest BCUT2D eigenvalue weighted by atomic mass is 13.9. The van der Waals surface area contributed by atoms with Crippen LogP contribution in [0.1, 0.15) is 46.0 Å². The van der Waals surface area contributed by atoms with E-state index in [1.807, 2.05) is 0 Å². The Balaban J connectivity index is 2.83. The number of hydrogen-bond donors (Lipinski definition) is 0. The van der Waals surface area contributed by atoms with Crippen molar-refractivity contribution in [1.82, 2.24) is 0 Å². The van der Waals surface area contributed by atoms with Crippen LogP contribution in [0.15, 0.2) is 12.2 Å². The van der Waals surface area contributed by atoms with Gasteiger partial charge >= 0.3 is 0 Å². The lowest BCUT2D eigenvalue weighted by Gasteiger charge is -1.92. The highest BCUT2D eigenvalue weighted by Gasteiger charge is 1.83. The van der Waals surface area contributed by atoms with Crippen LogP contribution < -0.4 is 0 Å². The molecule has 0 heterocycles. The molecule has 0 bridgehead atoms. The maximum atomic E-state index is 2.29. The van der Waals surface area contributed by atoms with Crippen LogP contribution in [0, 0.1) is 6.42 Å². The zero-order chi connectivity index (χ0) is 7.66. The first-order valence-corrected chi connectivity index (χ1v) is 4.34. The monoisotopic (exact) mass is 139 g/mol. The Morgan fingerprint density at radius 3 is 2.30 bits per heavy atom. The van der Waals surface area contributed by atoms with Crippen molar-refractivity contribution in [2.24, 2.45) is 0 Å². The summed E-state index contributed by atoms with van der Waals surface area (Å²) in [5.74, 6) is 0. The van der Waals surface area contributed by atoms with E-state index in [0.29, 0.717) is 0 Å². The van der Waals surface area contributed by atoms with Gasteiger partial charge in [-0.25, -0.2) is 0 Å². The van der Waals surface area contributed by atoms with E-state index in [4.69, 9.17) is 0 Å². The van der Waals surface area contributed by atoms with Gasteiger partial charge in [-0.15, -0.1) is 0 Å². The Bertz CT molecular complexity index is 72.1. The Labute approximate surface area is 65.3 Å².